The Balaban J connectivity index is 2.15. The van der Waals surface area contributed by atoms with Crippen LogP contribution in [0.3, 0.4) is 0 Å². The van der Waals surface area contributed by atoms with E-state index < -0.39 is 15.8 Å². The molecule has 3 rings (SSSR count). The maximum absolute atomic E-state index is 14.2. The van der Waals surface area contributed by atoms with Crippen LogP contribution < -0.4 is 14.6 Å². The highest BCUT2D eigenvalue weighted by atomic mass is 32.2. The van der Waals surface area contributed by atoms with E-state index >= 15 is 0 Å². The Morgan fingerprint density at radius 2 is 1.30 bits per heavy atom. The van der Waals surface area contributed by atoms with Crippen molar-refractivity contribution in [2.24, 2.45) is 5.14 Å². The molecule has 27 heavy (non-hydrogen) atoms. The van der Waals surface area contributed by atoms with Gasteiger partial charge in [-0.25, -0.2) is 13.6 Å². The Hall–Kier alpha value is -2.90. The number of nitrogens with two attached hydrogens (primary N) is 1. The number of methoxy groups -OCH3 is 2. The van der Waals surface area contributed by atoms with E-state index in [1.54, 1.807) is 24.3 Å². The minimum absolute atomic E-state index is 0.0360. The van der Waals surface area contributed by atoms with E-state index in [9.17, 15) is 12.8 Å². The van der Waals surface area contributed by atoms with Gasteiger partial charge in [-0.3, -0.25) is 0 Å². The molecule has 140 valence electrons. The minimum Gasteiger partial charge on any atom is -0.494 e. The molecular weight excluding hydrogens is 369 g/mol. The lowest BCUT2D eigenvalue weighted by Crippen LogP contribution is -2.11. The molecule has 0 aliphatic heterocycles. The summed E-state index contributed by atoms with van der Waals surface area (Å²) in [7, 11) is -0.985. The Morgan fingerprint density at radius 3 is 1.74 bits per heavy atom. The molecule has 0 aromatic heterocycles. The number of benzene rings is 3. The lowest BCUT2D eigenvalue weighted by Gasteiger charge is -2.14. The van der Waals surface area contributed by atoms with Crippen molar-refractivity contribution in [2.45, 2.75) is 4.90 Å². The Bertz CT molecular complexity index is 1050. The van der Waals surface area contributed by atoms with Crippen molar-refractivity contribution in [3.8, 4) is 33.8 Å². The molecule has 0 saturated carbocycles. The number of hydrogen-bond donors (Lipinski definition) is 1. The standard InChI is InChI=1S/C20H18FNO4S/c1-25-18-11-14(12-19(26-2)20(18)21)17-6-4-3-5-16(17)13-7-9-15(10-8-13)27(22,23)24/h3-12H,1-2H3,(H2,22,23,24). The second-order valence-corrected chi connectivity index (χ2v) is 7.37. The van der Waals surface area contributed by atoms with Crippen LogP contribution in [0.2, 0.25) is 0 Å². The molecule has 3 aromatic rings. The van der Waals surface area contributed by atoms with Gasteiger partial charge in [0, 0.05) is 0 Å². The van der Waals surface area contributed by atoms with Gasteiger partial charge >= 0.3 is 0 Å². The highest BCUT2D eigenvalue weighted by Gasteiger charge is 2.16. The van der Waals surface area contributed by atoms with Crippen LogP contribution >= 0.6 is 0 Å². The number of halogens is 1. The topological polar surface area (TPSA) is 78.6 Å². The van der Waals surface area contributed by atoms with Gasteiger partial charge in [0.1, 0.15) is 0 Å². The summed E-state index contributed by atoms with van der Waals surface area (Å²) >= 11 is 0. The molecule has 0 bridgehead atoms. The van der Waals surface area contributed by atoms with E-state index in [0.29, 0.717) is 5.56 Å². The van der Waals surface area contributed by atoms with Gasteiger partial charge in [-0.1, -0.05) is 36.4 Å². The maximum atomic E-state index is 14.2. The predicted molar refractivity (Wildman–Crippen MR) is 102 cm³/mol. The molecule has 0 atom stereocenters. The largest absolute Gasteiger partial charge is 0.494 e. The zero-order valence-electron chi connectivity index (χ0n) is 14.8. The summed E-state index contributed by atoms with van der Waals surface area (Å²) in [6.45, 7) is 0. The van der Waals surface area contributed by atoms with Gasteiger partial charge < -0.3 is 9.47 Å². The molecule has 0 unspecified atom stereocenters. The van der Waals surface area contributed by atoms with Crippen LogP contribution in [0.4, 0.5) is 4.39 Å². The molecule has 0 spiro atoms. The van der Waals surface area contributed by atoms with E-state index in [2.05, 4.69) is 0 Å². The Kier molecular flexibility index (Phi) is 5.16. The minimum atomic E-state index is -3.76. The quantitative estimate of drug-likeness (QED) is 0.722. The number of primary sulfonamides is 1. The number of hydrogen-bond acceptors (Lipinski definition) is 4. The first-order chi connectivity index (χ1) is 12.8. The first kappa shape index (κ1) is 18.9. The lowest BCUT2D eigenvalue weighted by atomic mass is 9.94. The molecule has 2 N–H and O–H groups in total. The van der Waals surface area contributed by atoms with Gasteiger partial charge in [0.05, 0.1) is 19.1 Å². The van der Waals surface area contributed by atoms with Gasteiger partial charge in [0.2, 0.25) is 15.8 Å². The monoisotopic (exact) mass is 387 g/mol. The van der Waals surface area contributed by atoms with Crippen LogP contribution in [0, 0.1) is 5.82 Å². The summed E-state index contributed by atoms with van der Waals surface area (Å²) in [6, 6.07) is 16.9. The van der Waals surface area contributed by atoms with Crippen molar-refractivity contribution >= 4 is 10.0 Å². The molecule has 0 aliphatic rings. The SMILES string of the molecule is COc1cc(-c2ccccc2-c2ccc(S(N)(=O)=O)cc2)cc(OC)c1F. The smallest absolute Gasteiger partial charge is 0.238 e. The van der Waals surface area contributed by atoms with E-state index in [1.807, 2.05) is 24.3 Å². The zero-order chi connectivity index (χ0) is 19.6. The van der Waals surface area contributed by atoms with Crippen molar-refractivity contribution in [3.05, 3.63) is 66.5 Å². The van der Waals surface area contributed by atoms with Crippen LogP contribution in [0.25, 0.3) is 22.3 Å². The van der Waals surface area contributed by atoms with Crippen LogP contribution in [0.5, 0.6) is 11.5 Å². The van der Waals surface area contributed by atoms with Gasteiger partial charge in [-0.05, 0) is 46.5 Å². The van der Waals surface area contributed by atoms with Crippen LogP contribution in [-0.4, -0.2) is 22.6 Å². The molecule has 0 aliphatic carbocycles. The summed E-state index contributed by atoms with van der Waals surface area (Å²) in [5.74, 6) is -0.425. The molecular formula is C20H18FNO4S. The maximum Gasteiger partial charge on any atom is 0.238 e. The third kappa shape index (κ3) is 3.79. The lowest BCUT2D eigenvalue weighted by molar-refractivity contribution is 0.351. The van der Waals surface area contributed by atoms with Crippen LogP contribution in [0.15, 0.2) is 65.6 Å². The third-order valence-electron chi connectivity index (χ3n) is 4.18. The number of ether oxygens (including phenoxy) is 2. The fourth-order valence-corrected chi connectivity index (χ4v) is 3.35. The van der Waals surface area contributed by atoms with Crippen LogP contribution in [0.1, 0.15) is 0 Å². The van der Waals surface area contributed by atoms with E-state index in [-0.39, 0.29) is 16.4 Å². The first-order valence-corrected chi connectivity index (χ1v) is 9.54. The van der Waals surface area contributed by atoms with Crippen molar-refractivity contribution in [1.82, 2.24) is 0 Å². The summed E-state index contributed by atoms with van der Waals surface area (Å²) in [4.78, 5) is 0.0360. The fourth-order valence-electron chi connectivity index (χ4n) is 2.84. The van der Waals surface area contributed by atoms with E-state index in [1.165, 1.54) is 26.4 Å². The van der Waals surface area contributed by atoms with Gasteiger partial charge in [-0.15, -0.1) is 0 Å². The summed E-state index contributed by atoms with van der Waals surface area (Å²) in [5, 5.41) is 5.15. The zero-order valence-corrected chi connectivity index (χ0v) is 15.6. The van der Waals surface area contributed by atoms with Crippen LogP contribution in [-0.2, 0) is 10.0 Å². The normalized spacial score (nSPS) is 11.3. The number of sulfonamides is 1. The molecule has 0 radical (unpaired) electrons. The summed E-state index contributed by atoms with van der Waals surface area (Å²) < 4.78 is 47.4. The third-order valence-corrected chi connectivity index (χ3v) is 5.11. The van der Waals surface area contributed by atoms with Gasteiger partial charge in [-0.2, -0.15) is 4.39 Å². The molecule has 0 amide bonds. The van der Waals surface area contributed by atoms with E-state index in [0.717, 1.165) is 16.7 Å². The summed E-state index contributed by atoms with van der Waals surface area (Å²) in [5.41, 5.74) is 3.16. The molecule has 5 nitrogen and oxygen atoms in total. The molecule has 7 heteroatoms. The highest BCUT2D eigenvalue weighted by Crippen LogP contribution is 2.38. The Morgan fingerprint density at radius 1 is 0.815 bits per heavy atom. The second-order valence-electron chi connectivity index (χ2n) is 5.81. The van der Waals surface area contributed by atoms with Gasteiger partial charge in [0.15, 0.2) is 11.5 Å². The molecule has 3 aromatic carbocycles. The molecule has 0 saturated heterocycles. The fraction of sp³-hybridized carbons (Fsp3) is 0.100. The molecule has 0 fully saturated rings. The first-order valence-electron chi connectivity index (χ1n) is 7.99. The van der Waals surface area contributed by atoms with Gasteiger partial charge in [0.25, 0.3) is 0 Å². The van der Waals surface area contributed by atoms with E-state index in [4.69, 9.17) is 14.6 Å². The average molecular weight is 387 g/mol. The predicted octanol–water partition coefficient (Wildman–Crippen LogP) is 3.82. The number of rotatable bonds is 5. The Labute approximate surface area is 157 Å². The second kappa shape index (κ2) is 7.38. The summed E-state index contributed by atoms with van der Waals surface area (Å²) in [6.07, 6.45) is 0. The van der Waals surface area contributed by atoms with Crippen molar-refractivity contribution in [3.63, 3.8) is 0 Å². The highest BCUT2D eigenvalue weighted by molar-refractivity contribution is 7.89. The van der Waals surface area contributed by atoms with Crippen molar-refractivity contribution in [2.75, 3.05) is 14.2 Å². The van der Waals surface area contributed by atoms with Crippen molar-refractivity contribution in [1.29, 1.82) is 0 Å². The average Bonchev–Trinajstić information content (AvgIpc) is 2.67. The molecule has 0 heterocycles. The van der Waals surface area contributed by atoms with Crippen molar-refractivity contribution < 1.29 is 22.3 Å².